The normalized spacial score (nSPS) is 12.1. The Balaban J connectivity index is 1.80. The van der Waals surface area contributed by atoms with Crippen molar-refractivity contribution in [1.82, 2.24) is 9.97 Å². The van der Waals surface area contributed by atoms with Crippen LogP contribution in [-0.2, 0) is 0 Å². The predicted molar refractivity (Wildman–Crippen MR) is 74.4 cm³/mol. The molecule has 1 unspecified atom stereocenters. The standard InChI is InChI=1S/C14H18N4/c1-11(12-5-3-2-4-6-12)7-8-16-14-17-9-13(15)10-18-14/h2-6,9-11H,7-8,15H2,1H3,(H,16,17,18). The Morgan fingerprint density at radius 2 is 1.83 bits per heavy atom. The van der Waals surface area contributed by atoms with E-state index in [1.54, 1.807) is 12.4 Å². The highest BCUT2D eigenvalue weighted by Crippen LogP contribution is 2.18. The van der Waals surface area contributed by atoms with Gasteiger partial charge in [-0.15, -0.1) is 0 Å². The summed E-state index contributed by atoms with van der Waals surface area (Å²) < 4.78 is 0. The first kappa shape index (κ1) is 12.4. The van der Waals surface area contributed by atoms with Gasteiger partial charge in [-0.25, -0.2) is 9.97 Å². The van der Waals surface area contributed by atoms with E-state index in [1.807, 2.05) is 6.07 Å². The topological polar surface area (TPSA) is 63.8 Å². The van der Waals surface area contributed by atoms with Crippen LogP contribution in [0, 0.1) is 0 Å². The number of nitrogens with zero attached hydrogens (tertiary/aromatic N) is 2. The molecular formula is C14H18N4. The third-order valence-corrected chi connectivity index (χ3v) is 2.90. The lowest BCUT2D eigenvalue weighted by molar-refractivity contribution is 0.703. The third kappa shape index (κ3) is 3.45. The van der Waals surface area contributed by atoms with E-state index >= 15 is 0 Å². The second-order valence-corrected chi connectivity index (χ2v) is 4.37. The Morgan fingerprint density at radius 3 is 2.50 bits per heavy atom. The highest BCUT2D eigenvalue weighted by atomic mass is 15.1. The summed E-state index contributed by atoms with van der Waals surface area (Å²) in [6.07, 6.45) is 4.25. The first-order valence-corrected chi connectivity index (χ1v) is 6.12. The summed E-state index contributed by atoms with van der Waals surface area (Å²) in [5, 5.41) is 3.19. The van der Waals surface area contributed by atoms with Gasteiger partial charge in [0.1, 0.15) is 0 Å². The van der Waals surface area contributed by atoms with Gasteiger partial charge in [-0.1, -0.05) is 37.3 Å². The minimum absolute atomic E-state index is 0.521. The minimum Gasteiger partial charge on any atom is -0.396 e. The maximum Gasteiger partial charge on any atom is 0.222 e. The van der Waals surface area contributed by atoms with E-state index in [-0.39, 0.29) is 0 Å². The van der Waals surface area contributed by atoms with E-state index < -0.39 is 0 Å². The Morgan fingerprint density at radius 1 is 1.17 bits per heavy atom. The molecule has 2 rings (SSSR count). The summed E-state index contributed by atoms with van der Waals surface area (Å²) in [5.74, 6) is 1.15. The first-order chi connectivity index (χ1) is 8.75. The molecule has 4 nitrogen and oxygen atoms in total. The van der Waals surface area contributed by atoms with Gasteiger partial charge in [0.05, 0.1) is 18.1 Å². The quantitative estimate of drug-likeness (QED) is 0.846. The molecule has 0 aliphatic carbocycles. The number of hydrogen-bond acceptors (Lipinski definition) is 4. The fourth-order valence-corrected chi connectivity index (χ4v) is 1.78. The molecule has 0 bridgehead atoms. The van der Waals surface area contributed by atoms with Crippen LogP contribution in [0.5, 0.6) is 0 Å². The molecule has 0 spiro atoms. The highest BCUT2D eigenvalue weighted by molar-refractivity contribution is 5.35. The average molecular weight is 242 g/mol. The molecule has 0 saturated carbocycles. The smallest absolute Gasteiger partial charge is 0.222 e. The third-order valence-electron chi connectivity index (χ3n) is 2.90. The maximum atomic E-state index is 5.53. The fourth-order valence-electron chi connectivity index (χ4n) is 1.78. The minimum atomic E-state index is 0.521. The fraction of sp³-hybridized carbons (Fsp3) is 0.286. The molecule has 0 aliphatic rings. The summed E-state index contributed by atoms with van der Waals surface area (Å²) in [7, 11) is 0. The molecule has 1 aromatic heterocycles. The zero-order valence-corrected chi connectivity index (χ0v) is 10.5. The zero-order valence-electron chi connectivity index (χ0n) is 10.5. The maximum absolute atomic E-state index is 5.53. The molecule has 1 heterocycles. The predicted octanol–water partition coefficient (Wildman–Crippen LogP) is 2.66. The van der Waals surface area contributed by atoms with Crippen molar-refractivity contribution in [2.45, 2.75) is 19.3 Å². The lowest BCUT2D eigenvalue weighted by Crippen LogP contribution is -2.08. The summed E-state index contributed by atoms with van der Waals surface area (Å²) in [6.45, 7) is 3.07. The Kier molecular flexibility index (Phi) is 4.12. The van der Waals surface area contributed by atoms with E-state index in [2.05, 4.69) is 46.5 Å². The molecule has 0 saturated heterocycles. The van der Waals surface area contributed by atoms with Gasteiger partial charge in [-0.2, -0.15) is 0 Å². The summed E-state index contributed by atoms with van der Waals surface area (Å²) in [5.41, 5.74) is 7.47. The number of benzene rings is 1. The Bertz CT molecular complexity index is 467. The van der Waals surface area contributed by atoms with Crippen LogP contribution >= 0.6 is 0 Å². The number of anilines is 2. The molecule has 0 aliphatic heterocycles. The number of nitrogen functional groups attached to an aromatic ring is 1. The largest absolute Gasteiger partial charge is 0.396 e. The van der Waals surface area contributed by atoms with Crippen molar-refractivity contribution in [2.75, 3.05) is 17.6 Å². The molecule has 1 atom stereocenters. The number of nitrogens with two attached hydrogens (primary N) is 1. The van der Waals surface area contributed by atoms with E-state index in [4.69, 9.17) is 5.73 Å². The van der Waals surface area contributed by atoms with Gasteiger partial charge in [-0.05, 0) is 17.9 Å². The van der Waals surface area contributed by atoms with Crippen molar-refractivity contribution >= 4 is 11.6 Å². The van der Waals surface area contributed by atoms with Crippen LogP contribution in [0.15, 0.2) is 42.7 Å². The molecule has 18 heavy (non-hydrogen) atoms. The van der Waals surface area contributed by atoms with Crippen molar-refractivity contribution in [3.8, 4) is 0 Å². The van der Waals surface area contributed by atoms with E-state index in [9.17, 15) is 0 Å². The Hall–Kier alpha value is -2.10. The Labute approximate surface area is 107 Å². The molecule has 3 N–H and O–H groups in total. The van der Waals surface area contributed by atoms with Gasteiger partial charge < -0.3 is 11.1 Å². The second kappa shape index (κ2) is 6.00. The van der Waals surface area contributed by atoms with Crippen molar-refractivity contribution in [3.05, 3.63) is 48.3 Å². The van der Waals surface area contributed by atoms with Gasteiger partial charge in [0.25, 0.3) is 0 Å². The lowest BCUT2D eigenvalue weighted by atomic mass is 9.98. The van der Waals surface area contributed by atoms with Crippen molar-refractivity contribution in [1.29, 1.82) is 0 Å². The van der Waals surface area contributed by atoms with Gasteiger partial charge >= 0.3 is 0 Å². The van der Waals surface area contributed by atoms with Gasteiger partial charge in [-0.3, -0.25) is 0 Å². The van der Waals surface area contributed by atoms with Crippen LogP contribution in [0.2, 0.25) is 0 Å². The van der Waals surface area contributed by atoms with Crippen molar-refractivity contribution < 1.29 is 0 Å². The highest BCUT2D eigenvalue weighted by Gasteiger charge is 2.04. The molecule has 0 fully saturated rings. The van der Waals surface area contributed by atoms with Gasteiger partial charge in [0.2, 0.25) is 5.95 Å². The van der Waals surface area contributed by atoms with Crippen LogP contribution in [0.25, 0.3) is 0 Å². The SMILES string of the molecule is CC(CCNc1ncc(N)cn1)c1ccccc1. The van der Waals surface area contributed by atoms with Crippen LogP contribution in [-0.4, -0.2) is 16.5 Å². The molecule has 2 aromatic rings. The summed E-state index contributed by atoms with van der Waals surface area (Å²) in [4.78, 5) is 8.20. The van der Waals surface area contributed by atoms with Crippen molar-refractivity contribution in [2.24, 2.45) is 0 Å². The van der Waals surface area contributed by atoms with E-state index in [0.29, 0.717) is 17.6 Å². The molecule has 0 amide bonds. The summed E-state index contributed by atoms with van der Waals surface area (Å²) in [6, 6.07) is 10.5. The van der Waals surface area contributed by atoms with Crippen LogP contribution in [0.1, 0.15) is 24.8 Å². The summed E-state index contributed by atoms with van der Waals surface area (Å²) >= 11 is 0. The van der Waals surface area contributed by atoms with E-state index in [0.717, 1.165) is 13.0 Å². The van der Waals surface area contributed by atoms with Gasteiger partial charge in [0.15, 0.2) is 0 Å². The first-order valence-electron chi connectivity index (χ1n) is 6.12. The molecule has 94 valence electrons. The number of rotatable bonds is 5. The number of hydrogen-bond donors (Lipinski definition) is 2. The zero-order chi connectivity index (χ0) is 12.8. The van der Waals surface area contributed by atoms with E-state index in [1.165, 1.54) is 5.56 Å². The number of aromatic nitrogens is 2. The molecule has 4 heteroatoms. The van der Waals surface area contributed by atoms with Crippen molar-refractivity contribution in [3.63, 3.8) is 0 Å². The molecule has 1 aromatic carbocycles. The van der Waals surface area contributed by atoms with Crippen LogP contribution in [0.3, 0.4) is 0 Å². The van der Waals surface area contributed by atoms with Crippen LogP contribution < -0.4 is 11.1 Å². The number of nitrogens with one attached hydrogen (secondary N) is 1. The second-order valence-electron chi connectivity index (χ2n) is 4.37. The van der Waals surface area contributed by atoms with Gasteiger partial charge in [0, 0.05) is 6.54 Å². The monoisotopic (exact) mass is 242 g/mol. The molecular weight excluding hydrogens is 224 g/mol. The van der Waals surface area contributed by atoms with Crippen LogP contribution in [0.4, 0.5) is 11.6 Å². The lowest BCUT2D eigenvalue weighted by Gasteiger charge is -2.12. The molecule has 0 radical (unpaired) electrons. The average Bonchev–Trinajstić information content (AvgIpc) is 2.42.